The van der Waals surface area contributed by atoms with Gasteiger partial charge in [0.15, 0.2) is 0 Å². The number of aliphatic imine (C=N–C) groups is 1. The first kappa shape index (κ1) is 12.8. The normalized spacial score (nSPS) is 18.8. The van der Waals surface area contributed by atoms with Crippen molar-refractivity contribution in [2.24, 2.45) is 10.7 Å². The number of rotatable bonds is 4. The van der Waals surface area contributed by atoms with Gasteiger partial charge in [-0.05, 0) is 25.5 Å². The number of benzene rings is 1. The van der Waals surface area contributed by atoms with Gasteiger partial charge in [0, 0.05) is 25.6 Å². The molecule has 0 aromatic heterocycles. The van der Waals surface area contributed by atoms with Gasteiger partial charge in [-0.25, -0.2) is 8.78 Å². The van der Waals surface area contributed by atoms with E-state index in [1.807, 2.05) is 11.8 Å². The molecule has 0 unspecified atom stereocenters. The van der Waals surface area contributed by atoms with Crippen LogP contribution >= 0.6 is 0 Å². The van der Waals surface area contributed by atoms with Gasteiger partial charge in [0.1, 0.15) is 11.6 Å². The van der Waals surface area contributed by atoms with Gasteiger partial charge in [0.05, 0.1) is 17.6 Å². The maximum absolute atomic E-state index is 13.7. The summed E-state index contributed by atoms with van der Waals surface area (Å²) in [5.74, 6) is -0.433. The molecule has 0 radical (unpaired) electrons. The number of nitrogens with zero attached hydrogens (tertiary/aromatic N) is 2. The number of hydrogen-bond donors (Lipinski definition) is 1. The van der Waals surface area contributed by atoms with E-state index >= 15 is 0 Å². The van der Waals surface area contributed by atoms with E-state index in [9.17, 15) is 8.78 Å². The second kappa shape index (κ2) is 5.33. The molecule has 98 valence electrons. The van der Waals surface area contributed by atoms with Gasteiger partial charge in [-0.3, -0.25) is 4.99 Å². The van der Waals surface area contributed by atoms with Crippen LogP contribution in [0.4, 0.5) is 14.5 Å². The fourth-order valence-electron chi connectivity index (χ4n) is 2.20. The van der Waals surface area contributed by atoms with E-state index in [1.54, 1.807) is 0 Å². The lowest BCUT2D eigenvalue weighted by Crippen LogP contribution is -2.31. The Morgan fingerprint density at radius 1 is 1.44 bits per heavy atom. The number of anilines is 1. The third kappa shape index (κ3) is 2.78. The zero-order valence-corrected chi connectivity index (χ0v) is 10.4. The number of likely N-dealkylation sites (N-methyl/N-ethyl adjacent to an activating group) is 1. The monoisotopic (exact) mass is 253 g/mol. The van der Waals surface area contributed by atoms with Crippen LogP contribution in [0, 0.1) is 11.6 Å². The molecule has 2 N–H and O–H groups in total. The number of amidine groups is 1. The minimum absolute atomic E-state index is 0.106. The quantitative estimate of drug-likeness (QED) is 0.894. The Bertz CT molecular complexity index is 460. The topological polar surface area (TPSA) is 41.6 Å². The van der Waals surface area contributed by atoms with Crippen LogP contribution in [0.1, 0.15) is 19.8 Å². The van der Waals surface area contributed by atoms with Crippen LogP contribution in [0.25, 0.3) is 0 Å². The molecule has 0 amide bonds. The average Bonchev–Trinajstić information content (AvgIpc) is 2.72. The molecule has 1 aliphatic rings. The van der Waals surface area contributed by atoms with Crippen LogP contribution in [0.2, 0.25) is 0 Å². The Balaban J connectivity index is 2.13. The number of hydrogen-bond acceptors (Lipinski definition) is 3. The highest BCUT2D eigenvalue weighted by Crippen LogP contribution is 2.22. The van der Waals surface area contributed by atoms with E-state index in [2.05, 4.69) is 4.99 Å². The summed E-state index contributed by atoms with van der Waals surface area (Å²) in [4.78, 5) is 6.17. The summed E-state index contributed by atoms with van der Waals surface area (Å²) in [6.07, 6.45) is 1.69. The minimum atomic E-state index is -0.560. The molecule has 1 heterocycles. The summed E-state index contributed by atoms with van der Waals surface area (Å²) in [5, 5.41) is 0. The van der Waals surface area contributed by atoms with Gasteiger partial charge in [0.2, 0.25) is 0 Å². The molecule has 0 saturated heterocycles. The maximum atomic E-state index is 13.7. The lowest BCUT2D eigenvalue weighted by Gasteiger charge is -2.25. The minimum Gasteiger partial charge on any atom is -0.387 e. The van der Waals surface area contributed by atoms with Gasteiger partial charge >= 0.3 is 0 Å². The fourth-order valence-corrected chi connectivity index (χ4v) is 2.20. The molecule has 0 spiro atoms. The SMILES string of the molecule is CCN(C[C@H]1CCC(N)=N1)c1ccc(F)cc1F. The first-order valence-corrected chi connectivity index (χ1v) is 6.12. The predicted molar refractivity (Wildman–Crippen MR) is 68.9 cm³/mol. The van der Waals surface area contributed by atoms with Crippen LogP contribution in [-0.2, 0) is 0 Å². The van der Waals surface area contributed by atoms with Crippen molar-refractivity contribution in [2.45, 2.75) is 25.8 Å². The maximum Gasteiger partial charge on any atom is 0.149 e. The van der Waals surface area contributed by atoms with Crippen molar-refractivity contribution in [3.8, 4) is 0 Å². The zero-order valence-electron chi connectivity index (χ0n) is 10.4. The molecule has 1 atom stereocenters. The first-order valence-electron chi connectivity index (χ1n) is 6.12. The van der Waals surface area contributed by atoms with Crippen LogP contribution < -0.4 is 10.6 Å². The van der Waals surface area contributed by atoms with E-state index in [0.717, 1.165) is 18.9 Å². The summed E-state index contributed by atoms with van der Waals surface area (Å²) in [5.41, 5.74) is 6.05. The molecule has 18 heavy (non-hydrogen) atoms. The van der Waals surface area contributed by atoms with E-state index < -0.39 is 11.6 Å². The van der Waals surface area contributed by atoms with Crippen LogP contribution in [0.3, 0.4) is 0 Å². The van der Waals surface area contributed by atoms with E-state index in [-0.39, 0.29) is 6.04 Å². The fraction of sp³-hybridized carbons (Fsp3) is 0.462. The Morgan fingerprint density at radius 2 is 2.22 bits per heavy atom. The van der Waals surface area contributed by atoms with Gasteiger partial charge in [-0.2, -0.15) is 0 Å². The standard InChI is InChI=1S/C13H17F2N3/c1-2-18(8-10-4-6-13(16)17-10)12-5-3-9(14)7-11(12)15/h3,5,7,10H,2,4,6,8H2,1H3,(H2,16,17)/t10-/m1/s1. The van der Waals surface area contributed by atoms with Crippen LogP contribution in [-0.4, -0.2) is 25.0 Å². The second-order valence-corrected chi connectivity index (χ2v) is 4.45. The highest BCUT2D eigenvalue weighted by Gasteiger charge is 2.20. The molecule has 1 aromatic carbocycles. The van der Waals surface area contributed by atoms with Crippen molar-refractivity contribution >= 4 is 11.5 Å². The van der Waals surface area contributed by atoms with Gasteiger partial charge in [-0.1, -0.05) is 0 Å². The largest absolute Gasteiger partial charge is 0.387 e. The average molecular weight is 253 g/mol. The Hall–Kier alpha value is -1.65. The molecule has 1 aromatic rings. The van der Waals surface area contributed by atoms with Gasteiger partial charge in [0.25, 0.3) is 0 Å². The van der Waals surface area contributed by atoms with Crippen LogP contribution in [0.15, 0.2) is 23.2 Å². The summed E-state index contributed by atoms with van der Waals surface area (Å²) >= 11 is 0. The third-order valence-corrected chi connectivity index (χ3v) is 3.15. The van der Waals surface area contributed by atoms with E-state index in [4.69, 9.17) is 5.73 Å². The van der Waals surface area contributed by atoms with Crippen molar-refractivity contribution in [3.63, 3.8) is 0 Å². The van der Waals surface area contributed by atoms with Crippen molar-refractivity contribution in [3.05, 3.63) is 29.8 Å². The summed E-state index contributed by atoms with van der Waals surface area (Å²) in [7, 11) is 0. The number of nitrogens with two attached hydrogens (primary N) is 1. The summed E-state index contributed by atoms with van der Waals surface area (Å²) in [6.45, 7) is 3.19. The van der Waals surface area contributed by atoms with Crippen LogP contribution in [0.5, 0.6) is 0 Å². The van der Waals surface area contributed by atoms with Crippen molar-refractivity contribution in [1.29, 1.82) is 0 Å². The smallest absolute Gasteiger partial charge is 0.149 e. The lowest BCUT2D eigenvalue weighted by atomic mass is 10.2. The van der Waals surface area contributed by atoms with E-state index in [1.165, 1.54) is 12.1 Å². The number of halogens is 2. The highest BCUT2D eigenvalue weighted by molar-refractivity contribution is 5.82. The molecule has 0 bridgehead atoms. The third-order valence-electron chi connectivity index (χ3n) is 3.15. The Kier molecular flexibility index (Phi) is 3.79. The zero-order chi connectivity index (χ0) is 13.1. The van der Waals surface area contributed by atoms with Crippen molar-refractivity contribution < 1.29 is 8.78 Å². The summed E-state index contributed by atoms with van der Waals surface area (Å²) < 4.78 is 26.6. The molecule has 5 heteroatoms. The molecule has 2 rings (SSSR count). The molecule has 3 nitrogen and oxygen atoms in total. The van der Waals surface area contributed by atoms with Gasteiger partial charge < -0.3 is 10.6 Å². The second-order valence-electron chi connectivity index (χ2n) is 4.45. The van der Waals surface area contributed by atoms with Crippen molar-refractivity contribution in [2.75, 3.05) is 18.0 Å². The molecule has 0 saturated carbocycles. The van der Waals surface area contributed by atoms with Gasteiger partial charge in [-0.15, -0.1) is 0 Å². The molecule has 0 aliphatic carbocycles. The predicted octanol–water partition coefficient (Wildman–Crippen LogP) is 2.31. The molecular formula is C13H17F2N3. The molecule has 0 fully saturated rings. The molecule has 1 aliphatic heterocycles. The van der Waals surface area contributed by atoms with Crippen molar-refractivity contribution in [1.82, 2.24) is 0 Å². The molecular weight excluding hydrogens is 236 g/mol. The Morgan fingerprint density at radius 3 is 2.78 bits per heavy atom. The Labute approximate surface area is 105 Å². The van der Waals surface area contributed by atoms with E-state index in [0.29, 0.717) is 24.6 Å². The highest BCUT2D eigenvalue weighted by atomic mass is 19.1. The lowest BCUT2D eigenvalue weighted by molar-refractivity contribution is 0.571. The first-order chi connectivity index (χ1) is 8.60. The summed E-state index contributed by atoms with van der Waals surface area (Å²) in [6, 6.07) is 3.75.